The molecule has 0 saturated carbocycles. The molecule has 1 amide bonds. The van der Waals surface area contributed by atoms with Crippen LogP contribution in [0.3, 0.4) is 0 Å². The smallest absolute Gasteiger partial charge is 0.255 e. The first-order valence-electron chi connectivity index (χ1n) is 5.97. The minimum Gasteiger partial charge on any atom is -0.337 e. The molecule has 1 aromatic carbocycles. The van der Waals surface area contributed by atoms with Gasteiger partial charge in [-0.2, -0.15) is 5.26 Å². The van der Waals surface area contributed by atoms with Crippen LogP contribution in [0.4, 0.5) is 0 Å². The number of benzene rings is 1. The molecule has 1 rings (SSSR count). The highest BCUT2D eigenvalue weighted by molar-refractivity contribution is 9.10. The first kappa shape index (κ1) is 14.7. The van der Waals surface area contributed by atoms with Crippen LogP contribution in [0, 0.1) is 17.2 Å². The summed E-state index contributed by atoms with van der Waals surface area (Å²) < 4.78 is 0.792. The molecule has 0 N–H and O–H groups in total. The predicted octanol–water partition coefficient (Wildman–Crippen LogP) is 3.46. The Bertz CT molecular complexity index is 451. The fourth-order valence-electron chi connectivity index (χ4n) is 1.71. The van der Waals surface area contributed by atoms with Crippen molar-refractivity contribution < 1.29 is 4.79 Å². The number of rotatable bonds is 5. The summed E-state index contributed by atoms with van der Waals surface area (Å²) in [6.45, 7) is 5.27. The molecule has 0 saturated heterocycles. The third kappa shape index (κ3) is 4.15. The quantitative estimate of drug-likeness (QED) is 0.836. The van der Waals surface area contributed by atoms with Gasteiger partial charge in [-0.1, -0.05) is 26.0 Å². The number of hydrogen-bond donors (Lipinski definition) is 0. The van der Waals surface area contributed by atoms with E-state index in [0.29, 0.717) is 31.0 Å². The van der Waals surface area contributed by atoms with Crippen LogP contribution in [0.2, 0.25) is 0 Å². The standard InChI is InChI=1S/C14H17BrN2O/c1-11(2)10-17(9-5-8-16)14(18)12-6-3-4-7-13(12)15/h3-4,6-7,11H,5,9-10H2,1-2H3. The maximum absolute atomic E-state index is 12.4. The number of carbonyl (C=O) groups excluding carboxylic acids is 1. The van der Waals surface area contributed by atoms with Crippen LogP contribution in [0.25, 0.3) is 0 Å². The van der Waals surface area contributed by atoms with E-state index in [2.05, 4.69) is 35.8 Å². The summed E-state index contributed by atoms with van der Waals surface area (Å²) in [5.74, 6) is 0.363. The topological polar surface area (TPSA) is 44.1 Å². The van der Waals surface area contributed by atoms with Crippen molar-refractivity contribution >= 4 is 21.8 Å². The second-order valence-electron chi connectivity index (χ2n) is 4.53. The third-order valence-corrected chi connectivity index (χ3v) is 3.16. The van der Waals surface area contributed by atoms with Gasteiger partial charge in [-0.15, -0.1) is 0 Å². The molecule has 0 unspecified atom stereocenters. The molecule has 0 fully saturated rings. The summed E-state index contributed by atoms with van der Waals surface area (Å²) in [5.41, 5.74) is 0.649. The lowest BCUT2D eigenvalue weighted by atomic mass is 10.1. The van der Waals surface area contributed by atoms with E-state index in [4.69, 9.17) is 5.26 Å². The largest absolute Gasteiger partial charge is 0.337 e. The van der Waals surface area contributed by atoms with E-state index in [1.807, 2.05) is 18.2 Å². The molecule has 0 aliphatic rings. The lowest BCUT2D eigenvalue weighted by Crippen LogP contribution is -2.35. The second-order valence-corrected chi connectivity index (χ2v) is 5.39. The number of nitrogens with zero attached hydrogens (tertiary/aromatic N) is 2. The Balaban J connectivity index is 2.88. The highest BCUT2D eigenvalue weighted by Crippen LogP contribution is 2.18. The minimum atomic E-state index is -0.0218. The zero-order chi connectivity index (χ0) is 13.5. The van der Waals surface area contributed by atoms with Gasteiger partial charge in [0.05, 0.1) is 18.1 Å². The van der Waals surface area contributed by atoms with Crippen molar-refractivity contribution in [3.05, 3.63) is 34.3 Å². The molecule has 0 atom stereocenters. The van der Waals surface area contributed by atoms with Gasteiger partial charge in [-0.3, -0.25) is 4.79 Å². The maximum Gasteiger partial charge on any atom is 0.255 e. The molecule has 0 bridgehead atoms. The zero-order valence-corrected chi connectivity index (χ0v) is 12.3. The molecule has 0 spiro atoms. The monoisotopic (exact) mass is 308 g/mol. The molecule has 96 valence electrons. The summed E-state index contributed by atoms with van der Waals surface area (Å²) in [5, 5.41) is 8.66. The van der Waals surface area contributed by atoms with E-state index >= 15 is 0 Å². The average Bonchev–Trinajstić information content (AvgIpc) is 2.34. The summed E-state index contributed by atoms with van der Waals surface area (Å²) in [4.78, 5) is 14.1. The van der Waals surface area contributed by atoms with Crippen LogP contribution in [0.15, 0.2) is 28.7 Å². The minimum absolute atomic E-state index is 0.0218. The normalized spacial score (nSPS) is 10.2. The highest BCUT2D eigenvalue weighted by atomic mass is 79.9. The average molecular weight is 309 g/mol. The molecule has 3 nitrogen and oxygen atoms in total. The Morgan fingerprint density at radius 2 is 2.11 bits per heavy atom. The van der Waals surface area contributed by atoms with Gasteiger partial charge in [0.25, 0.3) is 5.91 Å². The second kappa shape index (κ2) is 7.17. The summed E-state index contributed by atoms with van der Waals surface area (Å²) in [6.07, 6.45) is 0.364. The van der Waals surface area contributed by atoms with Crippen molar-refractivity contribution in [1.29, 1.82) is 5.26 Å². The van der Waals surface area contributed by atoms with Crippen LogP contribution in [-0.2, 0) is 0 Å². The summed E-state index contributed by atoms with van der Waals surface area (Å²) in [6, 6.07) is 9.46. The molecule has 0 aromatic heterocycles. The molecule has 0 heterocycles. The van der Waals surface area contributed by atoms with E-state index in [1.165, 1.54) is 0 Å². The van der Waals surface area contributed by atoms with Crippen LogP contribution >= 0.6 is 15.9 Å². The molecule has 0 radical (unpaired) electrons. The number of nitriles is 1. The van der Waals surface area contributed by atoms with Crippen molar-refractivity contribution in [3.8, 4) is 6.07 Å². The van der Waals surface area contributed by atoms with E-state index < -0.39 is 0 Å². The number of hydrogen-bond acceptors (Lipinski definition) is 2. The van der Waals surface area contributed by atoms with Crippen LogP contribution < -0.4 is 0 Å². The van der Waals surface area contributed by atoms with Crippen molar-refractivity contribution in [1.82, 2.24) is 4.90 Å². The fourth-order valence-corrected chi connectivity index (χ4v) is 2.16. The van der Waals surface area contributed by atoms with Gasteiger partial charge in [0, 0.05) is 17.6 Å². The van der Waals surface area contributed by atoms with Crippen molar-refractivity contribution in [3.63, 3.8) is 0 Å². The van der Waals surface area contributed by atoms with Crippen LogP contribution in [-0.4, -0.2) is 23.9 Å². The Hall–Kier alpha value is -1.34. The van der Waals surface area contributed by atoms with E-state index in [1.54, 1.807) is 11.0 Å². The Morgan fingerprint density at radius 3 is 2.67 bits per heavy atom. The van der Waals surface area contributed by atoms with Crippen molar-refractivity contribution in [2.24, 2.45) is 5.92 Å². The van der Waals surface area contributed by atoms with Crippen LogP contribution in [0.5, 0.6) is 0 Å². The maximum atomic E-state index is 12.4. The van der Waals surface area contributed by atoms with Gasteiger partial charge in [0.15, 0.2) is 0 Å². The van der Waals surface area contributed by atoms with E-state index in [9.17, 15) is 4.79 Å². The van der Waals surface area contributed by atoms with Gasteiger partial charge in [-0.25, -0.2) is 0 Å². The first-order chi connectivity index (χ1) is 8.56. The van der Waals surface area contributed by atoms with Gasteiger partial charge in [0.1, 0.15) is 0 Å². The van der Waals surface area contributed by atoms with E-state index in [0.717, 1.165) is 4.47 Å². The Labute approximate surface area is 117 Å². The molecular formula is C14H17BrN2O. The molecule has 0 aliphatic heterocycles. The molecule has 18 heavy (non-hydrogen) atoms. The van der Waals surface area contributed by atoms with Crippen LogP contribution in [0.1, 0.15) is 30.6 Å². The fraction of sp³-hybridized carbons (Fsp3) is 0.429. The lowest BCUT2D eigenvalue weighted by Gasteiger charge is -2.24. The zero-order valence-electron chi connectivity index (χ0n) is 10.7. The summed E-state index contributed by atoms with van der Waals surface area (Å²) >= 11 is 3.39. The number of amides is 1. The summed E-state index contributed by atoms with van der Waals surface area (Å²) in [7, 11) is 0. The number of halogens is 1. The van der Waals surface area contributed by atoms with Gasteiger partial charge >= 0.3 is 0 Å². The molecule has 4 heteroatoms. The lowest BCUT2D eigenvalue weighted by molar-refractivity contribution is 0.0739. The van der Waals surface area contributed by atoms with Crippen molar-refractivity contribution in [2.45, 2.75) is 20.3 Å². The Kier molecular flexibility index (Phi) is 5.87. The third-order valence-electron chi connectivity index (χ3n) is 2.47. The molecule has 0 aliphatic carbocycles. The first-order valence-corrected chi connectivity index (χ1v) is 6.76. The highest BCUT2D eigenvalue weighted by Gasteiger charge is 2.18. The van der Waals surface area contributed by atoms with Gasteiger partial charge in [0.2, 0.25) is 0 Å². The Morgan fingerprint density at radius 1 is 1.44 bits per heavy atom. The number of carbonyl (C=O) groups is 1. The predicted molar refractivity (Wildman–Crippen MR) is 75.1 cm³/mol. The van der Waals surface area contributed by atoms with Gasteiger partial charge < -0.3 is 4.90 Å². The van der Waals surface area contributed by atoms with E-state index in [-0.39, 0.29) is 5.91 Å². The van der Waals surface area contributed by atoms with Crippen molar-refractivity contribution in [2.75, 3.05) is 13.1 Å². The molecular weight excluding hydrogens is 292 g/mol. The van der Waals surface area contributed by atoms with Gasteiger partial charge in [-0.05, 0) is 34.0 Å². The SMILES string of the molecule is CC(C)CN(CCC#N)C(=O)c1ccccc1Br. The molecule has 1 aromatic rings.